The molecule has 1 aliphatic rings. The Hall–Kier alpha value is -1.99. The lowest BCUT2D eigenvalue weighted by Gasteiger charge is -2.28. The van der Waals surface area contributed by atoms with E-state index in [2.05, 4.69) is 4.90 Å². The summed E-state index contributed by atoms with van der Waals surface area (Å²) in [6.45, 7) is 2.31. The van der Waals surface area contributed by atoms with Crippen molar-refractivity contribution in [2.45, 2.75) is 25.6 Å². The molecule has 0 spiro atoms. The van der Waals surface area contributed by atoms with Crippen LogP contribution in [-0.4, -0.2) is 43.5 Å². The number of halogens is 1. The van der Waals surface area contributed by atoms with Gasteiger partial charge in [-0.15, -0.1) is 5.10 Å². The van der Waals surface area contributed by atoms with Gasteiger partial charge >= 0.3 is 0 Å². The number of piperidine rings is 1. The first-order valence-corrected chi connectivity index (χ1v) is 9.82. The Morgan fingerprint density at radius 2 is 1.70 bits per heavy atom. The van der Waals surface area contributed by atoms with Gasteiger partial charge in [0.1, 0.15) is 0 Å². The van der Waals surface area contributed by atoms with Gasteiger partial charge in [-0.1, -0.05) is 29.8 Å². The molecule has 3 aromatic rings. The smallest absolute Gasteiger partial charge is 0.204 e. The van der Waals surface area contributed by atoms with Gasteiger partial charge < -0.3 is 5.11 Å². The van der Waals surface area contributed by atoms with E-state index in [0.29, 0.717) is 16.5 Å². The zero-order valence-corrected chi connectivity index (χ0v) is 16.4. The average Bonchev–Trinajstić information content (AvgIpc) is 3.01. The number of likely N-dealkylation sites (tertiary alicyclic amines) is 1. The van der Waals surface area contributed by atoms with Crippen molar-refractivity contribution < 1.29 is 5.11 Å². The molecule has 0 radical (unpaired) electrons. The first-order chi connectivity index (χ1) is 13.1. The van der Waals surface area contributed by atoms with Crippen molar-refractivity contribution in [3.8, 4) is 17.1 Å². The van der Waals surface area contributed by atoms with Gasteiger partial charge in [0.25, 0.3) is 0 Å². The molecule has 1 fully saturated rings. The molecule has 0 unspecified atom stereocenters. The van der Waals surface area contributed by atoms with Gasteiger partial charge in [0.05, 0.1) is 12.8 Å². The van der Waals surface area contributed by atoms with E-state index in [0.717, 1.165) is 43.0 Å². The summed E-state index contributed by atoms with van der Waals surface area (Å²) in [5.74, 6) is 0.792. The third-order valence-electron chi connectivity index (χ3n) is 4.85. The number of aliphatic hydroxyl groups is 1. The van der Waals surface area contributed by atoms with Crippen molar-refractivity contribution in [2.24, 2.45) is 0 Å². The summed E-state index contributed by atoms with van der Waals surface area (Å²) in [5.41, 5.74) is 1.94. The fourth-order valence-electron chi connectivity index (χ4n) is 3.35. The molecule has 140 valence electrons. The third-order valence-corrected chi connectivity index (χ3v) is 5.49. The molecule has 1 aliphatic heterocycles. The number of hydrogen-bond acceptors (Lipinski definition) is 4. The summed E-state index contributed by atoms with van der Waals surface area (Å²) in [7, 11) is 0. The Morgan fingerprint density at radius 1 is 1.04 bits per heavy atom. The van der Waals surface area contributed by atoms with Gasteiger partial charge in [0.15, 0.2) is 5.82 Å². The summed E-state index contributed by atoms with van der Waals surface area (Å²) in [6.07, 6.45) is 1.38. The van der Waals surface area contributed by atoms with Crippen molar-refractivity contribution >= 4 is 23.8 Å². The zero-order chi connectivity index (χ0) is 18.8. The Kier molecular flexibility index (Phi) is 5.41. The number of nitrogens with zero attached hydrogens (tertiary/aromatic N) is 4. The van der Waals surface area contributed by atoms with Crippen LogP contribution in [0.15, 0.2) is 54.6 Å². The molecule has 2 aromatic carbocycles. The molecule has 0 amide bonds. The Labute approximate surface area is 168 Å². The Bertz CT molecular complexity index is 960. The second-order valence-corrected chi connectivity index (χ2v) is 7.58. The second kappa shape index (κ2) is 7.94. The van der Waals surface area contributed by atoms with E-state index in [1.807, 2.05) is 63.8 Å². The van der Waals surface area contributed by atoms with Crippen LogP contribution in [0.5, 0.6) is 0 Å². The van der Waals surface area contributed by atoms with Gasteiger partial charge in [0, 0.05) is 29.4 Å². The van der Waals surface area contributed by atoms with Crippen molar-refractivity contribution in [3.05, 3.63) is 64.4 Å². The van der Waals surface area contributed by atoms with E-state index < -0.39 is 0 Å². The van der Waals surface area contributed by atoms with Gasteiger partial charge in [-0.2, -0.15) is 0 Å². The highest BCUT2D eigenvalue weighted by molar-refractivity contribution is 7.71. The predicted octanol–water partition coefficient (Wildman–Crippen LogP) is 4.14. The van der Waals surface area contributed by atoms with Crippen LogP contribution in [0.4, 0.5) is 0 Å². The number of rotatable bonds is 4. The minimum absolute atomic E-state index is 0.194. The monoisotopic (exact) mass is 400 g/mol. The topological polar surface area (TPSA) is 46.2 Å². The number of aliphatic hydroxyl groups excluding tert-OH is 1. The first-order valence-electron chi connectivity index (χ1n) is 9.03. The van der Waals surface area contributed by atoms with Gasteiger partial charge in [-0.25, -0.2) is 4.68 Å². The van der Waals surface area contributed by atoms with Gasteiger partial charge in [-0.05, 0) is 61.5 Å². The lowest BCUT2D eigenvalue weighted by molar-refractivity contribution is 0.0651. The van der Waals surface area contributed by atoms with Crippen LogP contribution in [-0.2, 0) is 6.67 Å². The Balaban J connectivity index is 1.75. The molecule has 1 N–H and O–H groups in total. The predicted molar refractivity (Wildman–Crippen MR) is 110 cm³/mol. The van der Waals surface area contributed by atoms with Crippen molar-refractivity contribution in [2.75, 3.05) is 13.1 Å². The molecule has 2 heterocycles. The van der Waals surface area contributed by atoms with Crippen molar-refractivity contribution in [1.29, 1.82) is 0 Å². The highest BCUT2D eigenvalue weighted by Gasteiger charge is 2.20. The molecular formula is C20H21ClN4OS. The molecule has 0 atom stereocenters. The largest absolute Gasteiger partial charge is 0.393 e. The number of para-hydroxylation sites is 1. The van der Waals surface area contributed by atoms with Crippen LogP contribution in [0.3, 0.4) is 0 Å². The van der Waals surface area contributed by atoms with Crippen molar-refractivity contribution in [3.63, 3.8) is 0 Å². The van der Waals surface area contributed by atoms with Gasteiger partial charge in [-0.3, -0.25) is 9.47 Å². The van der Waals surface area contributed by atoms with Crippen LogP contribution < -0.4 is 0 Å². The molecule has 1 aromatic heterocycles. The van der Waals surface area contributed by atoms with E-state index >= 15 is 0 Å². The molecule has 0 aliphatic carbocycles. The van der Waals surface area contributed by atoms with E-state index in [-0.39, 0.29) is 6.10 Å². The first kappa shape index (κ1) is 18.4. The SMILES string of the molecule is OC1CCN(Cn2nc(-c3ccc(Cl)cc3)n(-c3ccccc3)c2=S)CC1. The standard InChI is InChI=1S/C20H21ClN4OS/c21-16-8-6-15(7-9-16)19-22-24(14-23-12-10-18(26)11-13-23)20(27)25(19)17-4-2-1-3-5-17/h1-9,18,26H,10-14H2. The maximum Gasteiger partial charge on any atom is 0.204 e. The number of benzene rings is 2. The van der Waals surface area contributed by atoms with Crippen LogP contribution in [0.25, 0.3) is 17.1 Å². The second-order valence-electron chi connectivity index (χ2n) is 6.77. The van der Waals surface area contributed by atoms with Crippen LogP contribution in [0.2, 0.25) is 5.02 Å². The minimum Gasteiger partial charge on any atom is -0.393 e. The fraction of sp³-hybridized carbons (Fsp3) is 0.300. The summed E-state index contributed by atoms with van der Waals surface area (Å²) in [6, 6.07) is 17.7. The number of hydrogen-bond donors (Lipinski definition) is 1. The van der Waals surface area contributed by atoms with E-state index in [1.54, 1.807) is 0 Å². The minimum atomic E-state index is -0.194. The van der Waals surface area contributed by atoms with E-state index in [9.17, 15) is 5.11 Å². The summed E-state index contributed by atoms with van der Waals surface area (Å²) < 4.78 is 4.51. The van der Waals surface area contributed by atoms with Crippen LogP contribution in [0, 0.1) is 4.77 Å². The van der Waals surface area contributed by atoms with Crippen LogP contribution in [0.1, 0.15) is 12.8 Å². The van der Waals surface area contributed by atoms with Crippen molar-refractivity contribution in [1.82, 2.24) is 19.2 Å². The molecule has 1 saturated heterocycles. The number of aromatic nitrogens is 3. The average molecular weight is 401 g/mol. The molecule has 27 heavy (non-hydrogen) atoms. The maximum absolute atomic E-state index is 9.73. The fourth-order valence-corrected chi connectivity index (χ4v) is 3.76. The van der Waals surface area contributed by atoms with E-state index in [1.165, 1.54) is 0 Å². The lowest BCUT2D eigenvalue weighted by atomic mass is 10.1. The Morgan fingerprint density at radius 3 is 2.37 bits per heavy atom. The molecule has 0 bridgehead atoms. The summed E-state index contributed by atoms with van der Waals surface area (Å²) >= 11 is 11.8. The molecule has 0 saturated carbocycles. The summed E-state index contributed by atoms with van der Waals surface area (Å²) in [5, 5.41) is 15.2. The lowest BCUT2D eigenvalue weighted by Crippen LogP contribution is -2.37. The molecule has 7 heteroatoms. The summed E-state index contributed by atoms with van der Waals surface area (Å²) in [4.78, 5) is 2.27. The normalized spacial score (nSPS) is 15.9. The van der Waals surface area contributed by atoms with Gasteiger partial charge in [0.2, 0.25) is 4.77 Å². The maximum atomic E-state index is 9.73. The zero-order valence-electron chi connectivity index (χ0n) is 14.8. The van der Waals surface area contributed by atoms with E-state index in [4.69, 9.17) is 28.9 Å². The molecular weight excluding hydrogens is 380 g/mol. The van der Waals surface area contributed by atoms with Crippen LogP contribution >= 0.6 is 23.8 Å². The molecule has 5 nitrogen and oxygen atoms in total. The molecule has 4 rings (SSSR count). The third kappa shape index (κ3) is 3.99. The quantitative estimate of drug-likeness (QED) is 0.668. The highest BCUT2D eigenvalue weighted by atomic mass is 35.5. The highest BCUT2D eigenvalue weighted by Crippen LogP contribution is 2.24.